The predicted octanol–water partition coefficient (Wildman–Crippen LogP) is -0.689. The molecule has 10 heavy (non-hydrogen) atoms. The number of carbonyl (C=O) groups excluding carboxylic acids is 2. The minimum atomic E-state index is -0.492. The second-order valence-corrected chi connectivity index (χ2v) is 2.53. The van der Waals surface area contributed by atoms with Gasteiger partial charge in [-0.25, -0.2) is 0 Å². The van der Waals surface area contributed by atoms with Gasteiger partial charge in [-0.3, -0.25) is 9.59 Å². The molecule has 56 valence electrons. The lowest BCUT2D eigenvalue weighted by molar-refractivity contribution is -0.141. The molecule has 0 spiro atoms. The Labute approximate surface area is 59.2 Å². The van der Waals surface area contributed by atoms with Crippen LogP contribution in [-0.4, -0.2) is 29.4 Å². The Hall–Kier alpha value is -1.06. The molecule has 1 rings (SSSR count). The first-order valence-electron chi connectivity index (χ1n) is 3.21. The fraction of sp³-hybridized carbons (Fsp3) is 0.667. The van der Waals surface area contributed by atoms with Gasteiger partial charge in [-0.2, -0.15) is 0 Å². The summed E-state index contributed by atoms with van der Waals surface area (Å²) >= 11 is 0. The van der Waals surface area contributed by atoms with Gasteiger partial charge in [0.15, 0.2) is 0 Å². The summed E-state index contributed by atoms with van der Waals surface area (Å²) in [6.45, 7) is 4.10. The van der Waals surface area contributed by atoms with Crippen molar-refractivity contribution in [1.29, 1.82) is 0 Å². The highest BCUT2D eigenvalue weighted by atomic mass is 16.2. The first kappa shape index (κ1) is 7.05. The van der Waals surface area contributed by atoms with Crippen LogP contribution in [-0.2, 0) is 9.59 Å². The number of amides is 2. The molecule has 0 saturated carbocycles. The average Bonchev–Trinajstić information content (AvgIpc) is 2.14. The van der Waals surface area contributed by atoms with E-state index >= 15 is 0 Å². The molecule has 1 aliphatic rings. The summed E-state index contributed by atoms with van der Waals surface area (Å²) in [7, 11) is 0. The molecule has 0 aromatic carbocycles. The highest BCUT2D eigenvalue weighted by Gasteiger charge is 2.30. The number of hydrogen-bond donors (Lipinski definition) is 1. The van der Waals surface area contributed by atoms with Crippen molar-refractivity contribution in [3.8, 4) is 0 Å². The Morgan fingerprint density at radius 2 is 2.10 bits per heavy atom. The summed E-state index contributed by atoms with van der Waals surface area (Å²) in [4.78, 5) is 22.9. The van der Waals surface area contributed by atoms with Crippen molar-refractivity contribution in [3.63, 3.8) is 0 Å². The maximum Gasteiger partial charge on any atom is 0.313 e. The zero-order chi connectivity index (χ0) is 7.72. The van der Waals surface area contributed by atoms with Gasteiger partial charge in [0.25, 0.3) is 0 Å². The molecule has 0 atom stereocenters. The molecule has 1 heterocycles. The molecule has 2 amide bonds. The van der Waals surface area contributed by atoms with Crippen LogP contribution in [0, 0.1) is 0 Å². The van der Waals surface area contributed by atoms with Gasteiger partial charge < -0.3 is 10.2 Å². The van der Waals surface area contributed by atoms with Crippen LogP contribution in [0.2, 0.25) is 0 Å². The number of nitrogens with one attached hydrogen (secondary N) is 1. The quantitative estimate of drug-likeness (QED) is 0.493. The van der Waals surface area contributed by atoms with Gasteiger partial charge in [0.05, 0.1) is 6.67 Å². The normalized spacial score (nSPS) is 18.5. The SMILES string of the molecule is CC(C)N1CNC(=O)C1=O. The Morgan fingerprint density at radius 3 is 2.30 bits per heavy atom. The van der Waals surface area contributed by atoms with Gasteiger partial charge >= 0.3 is 11.8 Å². The summed E-state index contributed by atoms with van der Waals surface area (Å²) in [5.41, 5.74) is 0. The van der Waals surface area contributed by atoms with Gasteiger partial charge in [-0.1, -0.05) is 0 Å². The van der Waals surface area contributed by atoms with E-state index in [2.05, 4.69) is 5.32 Å². The van der Waals surface area contributed by atoms with E-state index in [0.717, 1.165) is 0 Å². The Balaban J connectivity index is 2.66. The fourth-order valence-electron chi connectivity index (χ4n) is 0.852. The largest absolute Gasteiger partial charge is 0.330 e. The summed E-state index contributed by atoms with van der Waals surface area (Å²) in [6, 6.07) is 0.103. The Bertz CT molecular complexity index is 177. The third kappa shape index (κ3) is 0.964. The molecule has 0 unspecified atom stereocenters. The van der Waals surface area contributed by atoms with Crippen LogP contribution >= 0.6 is 0 Å². The third-order valence-electron chi connectivity index (χ3n) is 1.49. The van der Waals surface area contributed by atoms with Crippen molar-refractivity contribution in [1.82, 2.24) is 10.2 Å². The maximum atomic E-state index is 10.9. The van der Waals surface area contributed by atoms with Gasteiger partial charge in [0, 0.05) is 6.04 Å². The van der Waals surface area contributed by atoms with E-state index < -0.39 is 11.8 Å². The van der Waals surface area contributed by atoms with Crippen molar-refractivity contribution in [3.05, 3.63) is 0 Å². The van der Waals surface area contributed by atoms with Crippen molar-refractivity contribution < 1.29 is 9.59 Å². The summed E-state index contributed by atoms with van der Waals surface area (Å²) in [5.74, 6) is -0.913. The molecule has 0 radical (unpaired) electrons. The zero-order valence-corrected chi connectivity index (χ0v) is 6.05. The van der Waals surface area contributed by atoms with E-state index in [1.54, 1.807) is 0 Å². The lowest BCUT2D eigenvalue weighted by Crippen LogP contribution is -2.33. The number of hydrogen-bond acceptors (Lipinski definition) is 2. The Morgan fingerprint density at radius 1 is 1.50 bits per heavy atom. The monoisotopic (exact) mass is 142 g/mol. The van der Waals surface area contributed by atoms with Crippen molar-refractivity contribution in [2.45, 2.75) is 19.9 Å². The predicted molar refractivity (Wildman–Crippen MR) is 35.0 cm³/mol. The van der Waals surface area contributed by atoms with Gasteiger partial charge in [0.1, 0.15) is 0 Å². The second-order valence-electron chi connectivity index (χ2n) is 2.53. The molecule has 1 fully saturated rings. The van der Waals surface area contributed by atoms with Crippen molar-refractivity contribution >= 4 is 11.8 Å². The van der Waals surface area contributed by atoms with Crippen LogP contribution < -0.4 is 5.32 Å². The second kappa shape index (κ2) is 2.28. The Kier molecular flexibility index (Phi) is 1.61. The van der Waals surface area contributed by atoms with Crippen LogP contribution in [0.15, 0.2) is 0 Å². The minimum absolute atomic E-state index is 0.103. The molecule has 0 aromatic heterocycles. The lowest BCUT2D eigenvalue weighted by Gasteiger charge is -2.16. The third-order valence-corrected chi connectivity index (χ3v) is 1.49. The first-order chi connectivity index (χ1) is 4.63. The van der Waals surface area contributed by atoms with Crippen LogP contribution in [0.4, 0.5) is 0 Å². The first-order valence-corrected chi connectivity index (χ1v) is 3.21. The van der Waals surface area contributed by atoms with Crippen LogP contribution in [0.3, 0.4) is 0 Å². The van der Waals surface area contributed by atoms with E-state index in [-0.39, 0.29) is 6.04 Å². The minimum Gasteiger partial charge on any atom is -0.330 e. The van der Waals surface area contributed by atoms with Crippen molar-refractivity contribution in [2.24, 2.45) is 0 Å². The molecule has 1 saturated heterocycles. The smallest absolute Gasteiger partial charge is 0.313 e. The summed E-state index contributed by atoms with van der Waals surface area (Å²) in [6.07, 6.45) is 0. The van der Waals surface area contributed by atoms with E-state index in [9.17, 15) is 9.59 Å². The topological polar surface area (TPSA) is 49.4 Å². The molecule has 0 aromatic rings. The molecule has 0 aliphatic carbocycles. The van der Waals surface area contributed by atoms with E-state index in [4.69, 9.17) is 0 Å². The van der Waals surface area contributed by atoms with Crippen LogP contribution in [0.1, 0.15) is 13.8 Å². The molecular weight excluding hydrogens is 132 g/mol. The van der Waals surface area contributed by atoms with Gasteiger partial charge in [-0.05, 0) is 13.8 Å². The molecule has 4 heteroatoms. The lowest BCUT2D eigenvalue weighted by atomic mass is 10.3. The molecular formula is C6H10N2O2. The highest BCUT2D eigenvalue weighted by molar-refractivity contribution is 6.36. The van der Waals surface area contributed by atoms with Gasteiger partial charge in [0.2, 0.25) is 0 Å². The molecule has 4 nitrogen and oxygen atoms in total. The maximum absolute atomic E-state index is 10.9. The number of nitrogens with zero attached hydrogens (tertiary/aromatic N) is 1. The summed E-state index contributed by atoms with van der Waals surface area (Å²) < 4.78 is 0. The molecule has 0 bridgehead atoms. The average molecular weight is 142 g/mol. The number of carbonyl (C=O) groups is 2. The van der Waals surface area contributed by atoms with E-state index in [1.807, 2.05) is 13.8 Å². The zero-order valence-electron chi connectivity index (χ0n) is 6.05. The standard InChI is InChI=1S/C6H10N2O2/c1-4(2)8-3-7-5(9)6(8)10/h4H,3H2,1-2H3,(H,7,9). The van der Waals surface area contributed by atoms with Gasteiger partial charge in [-0.15, -0.1) is 0 Å². The molecule has 1 N–H and O–H groups in total. The number of rotatable bonds is 1. The van der Waals surface area contributed by atoms with E-state index in [1.165, 1.54) is 4.90 Å². The summed E-state index contributed by atoms with van der Waals surface area (Å²) in [5, 5.41) is 2.44. The van der Waals surface area contributed by atoms with E-state index in [0.29, 0.717) is 6.67 Å². The highest BCUT2D eigenvalue weighted by Crippen LogP contribution is 2.01. The fourth-order valence-corrected chi connectivity index (χ4v) is 0.852. The van der Waals surface area contributed by atoms with Crippen molar-refractivity contribution in [2.75, 3.05) is 6.67 Å². The van der Waals surface area contributed by atoms with Crippen LogP contribution in [0.5, 0.6) is 0 Å². The molecule has 1 aliphatic heterocycles. The van der Waals surface area contributed by atoms with Crippen LogP contribution in [0.25, 0.3) is 0 Å².